The van der Waals surface area contributed by atoms with E-state index < -0.39 is 5.54 Å². The summed E-state index contributed by atoms with van der Waals surface area (Å²) in [6, 6.07) is 0. The lowest BCUT2D eigenvalue weighted by Crippen LogP contribution is -2.48. The molecule has 1 saturated carbocycles. The number of nitrogens with one attached hydrogen (secondary N) is 2. The standard InChI is InChI=1S/C13H22N4O3/c1-10-15-12(17-20-10)13(5-3-4-6-13)16-11(18)9-14-7-8-19-2/h14H,3-9H2,1-2H3,(H,16,18). The summed E-state index contributed by atoms with van der Waals surface area (Å²) in [5.41, 5.74) is -0.461. The molecule has 1 aromatic heterocycles. The Labute approximate surface area is 118 Å². The van der Waals surface area contributed by atoms with Crippen molar-refractivity contribution < 1.29 is 14.1 Å². The summed E-state index contributed by atoms with van der Waals surface area (Å²) in [4.78, 5) is 16.3. The molecule has 1 aliphatic rings. The molecule has 2 N–H and O–H groups in total. The second-order valence-corrected chi connectivity index (χ2v) is 5.14. The molecule has 0 radical (unpaired) electrons. The van der Waals surface area contributed by atoms with E-state index in [9.17, 15) is 4.79 Å². The van der Waals surface area contributed by atoms with Gasteiger partial charge in [0.15, 0.2) is 5.82 Å². The number of aromatic nitrogens is 2. The topological polar surface area (TPSA) is 89.3 Å². The normalized spacial score (nSPS) is 17.3. The SMILES string of the molecule is COCCNCC(=O)NC1(c2noc(C)n2)CCCC1. The number of rotatable bonds is 7. The molecule has 20 heavy (non-hydrogen) atoms. The molecule has 1 aliphatic carbocycles. The highest BCUT2D eigenvalue weighted by Gasteiger charge is 2.41. The van der Waals surface area contributed by atoms with Gasteiger partial charge in [0.1, 0.15) is 5.54 Å². The number of ether oxygens (including phenoxy) is 1. The highest BCUT2D eigenvalue weighted by Crippen LogP contribution is 2.37. The molecule has 112 valence electrons. The van der Waals surface area contributed by atoms with E-state index in [0.29, 0.717) is 24.9 Å². The van der Waals surface area contributed by atoms with Crippen molar-refractivity contribution in [2.45, 2.75) is 38.1 Å². The van der Waals surface area contributed by atoms with E-state index >= 15 is 0 Å². The first-order valence-electron chi connectivity index (χ1n) is 6.98. The second-order valence-electron chi connectivity index (χ2n) is 5.14. The van der Waals surface area contributed by atoms with Crippen molar-refractivity contribution >= 4 is 5.91 Å². The maximum absolute atomic E-state index is 12.0. The number of hydrogen-bond acceptors (Lipinski definition) is 6. The molecule has 2 rings (SSSR count). The molecule has 7 heteroatoms. The van der Waals surface area contributed by atoms with Crippen LogP contribution < -0.4 is 10.6 Å². The minimum atomic E-state index is -0.461. The lowest BCUT2D eigenvalue weighted by molar-refractivity contribution is -0.122. The monoisotopic (exact) mass is 282 g/mol. The van der Waals surface area contributed by atoms with Crippen LogP contribution in [-0.2, 0) is 15.1 Å². The highest BCUT2D eigenvalue weighted by atomic mass is 16.5. The number of hydrogen-bond donors (Lipinski definition) is 2. The molecule has 0 bridgehead atoms. The van der Waals surface area contributed by atoms with Crippen LogP contribution >= 0.6 is 0 Å². The van der Waals surface area contributed by atoms with E-state index in [4.69, 9.17) is 9.26 Å². The average molecular weight is 282 g/mol. The van der Waals surface area contributed by atoms with Crippen molar-refractivity contribution in [3.63, 3.8) is 0 Å². The Hall–Kier alpha value is -1.47. The minimum Gasteiger partial charge on any atom is -0.383 e. The second kappa shape index (κ2) is 6.81. The van der Waals surface area contributed by atoms with Gasteiger partial charge < -0.3 is 19.9 Å². The summed E-state index contributed by atoms with van der Waals surface area (Å²) in [6.45, 7) is 3.26. The van der Waals surface area contributed by atoms with E-state index in [2.05, 4.69) is 20.8 Å². The first-order valence-corrected chi connectivity index (χ1v) is 6.98. The van der Waals surface area contributed by atoms with E-state index in [1.165, 1.54) is 0 Å². The maximum atomic E-state index is 12.0. The van der Waals surface area contributed by atoms with Gasteiger partial charge in [-0.25, -0.2) is 0 Å². The maximum Gasteiger partial charge on any atom is 0.234 e. The lowest BCUT2D eigenvalue weighted by Gasteiger charge is -2.26. The number of amides is 1. The predicted octanol–water partition coefficient (Wildman–Crippen LogP) is 0.500. The summed E-state index contributed by atoms with van der Waals surface area (Å²) in [5, 5.41) is 10.1. The molecule has 0 aromatic carbocycles. The summed E-state index contributed by atoms with van der Waals surface area (Å²) in [6.07, 6.45) is 3.83. The zero-order valence-electron chi connectivity index (χ0n) is 12.1. The number of aryl methyl sites for hydroxylation is 1. The molecule has 0 atom stereocenters. The van der Waals surface area contributed by atoms with Crippen molar-refractivity contribution in [1.82, 2.24) is 20.8 Å². The summed E-state index contributed by atoms with van der Waals surface area (Å²) >= 11 is 0. The van der Waals surface area contributed by atoms with Crippen LogP contribution in [-0.4, -0.2) is 42.9 Å². The average Bonchev–Trinajstić information content (AvgIpc) is 3.05. The summed E-state index contributed by atoms with van der Waals surface area (Å²) in [7, 11) is 1.63. The third-order valence-electron chi connectivity index (χ3n) is 3.56. The van der Waals surface area contributed by atoms with E-state index in [1.807, 2.05) is 0 Å². The number of nitrogens with zero attached hydrogens (tertiary/aromatic N) is 2. The predicted molar refractivity (Wildman–Crippen MR) is 72.1 cm³/mol. The van der Waals surface area contributed by atoms with Crippen LogP contribution in [0.4, 0.5) is 0 Å². The van der Waals surface area contributed by atoms with Crippen molar-refractivity contribution in [3.05, 3.63) is 11.7 Å². The third-order valence-corrected chi connectivity index (χ3v) is 3.56. The van der Waals surface area contributed by atoms with Crippen molar-refractivity contribution in [3.8, 4) is 0 Å². The molecule has 0 spiro atoms. The Balaban J connectivity index is 1.94. The Morgan fingerprint density at radius 3 is 2.80 bits per heavy atom. The molecule has 1 fully saturated rings. The highest BCUT2D eigenvalue weighted by molar-refractivity contribution is 5.79. The van der Waals surface area contributed by atoms with Crippen LogP contribution in [0.1, 0.15) is 37.4 Å². The van der Waals surface area contributed by atoms with Gasteiger partial charge in [-0.3, -0.25) is 4.79 Å². The van der Waals surface area contributed by atoms with Crippen LogP contribution in [0.15, 0.2) is 4.52 Å². The quantitative estimate of drug-likeness (QED) is 0.708. The van der Waals surface area contributed by atoms with Crippen LogP contribution in [0, 0.1) is 6.92 Å². The Morgan fingerprint density at radius 1 is 1.45 bits per heavy atom. The van der Waals surface area contributed by atoms with Gasteiger partial charge in [-0.1, -0.05) is 18.0 Å². The van der Waals surface area contributed by atoms with Gasteiger partial charge in [0, 0.05) is 20.6 Å². The van der Waals surface area contributed by atoms with Gasteiger partial charge in [-0.2, -0.15) is 4.98 Å². The molecule has 1 aromatic rings. The fourth-order valence-electron chi connectivity index (χ4n) is 2.56. The summed E-state index contributed by atoms with van der Waals surface area (Å²) < 4.78 is 9.97. The molecule has 0 unspecified atom stereocenters. The number of carbonyl (C=O) groups is 1. The Bertz CT molecular complexity index is 441. The van der Waals surface area contributed by atoms with Crippen molar-refractivity contribution in [2.75, 3.05) is 26.8 Å². The molecular formula is C13H22N4O3. The van der Waals surface area contributed by atoms with Crippen LogP contribution in [0.3, 0.4) is 0 Å². The van der Waals surface area contributed by atoms with E-state index in [1.54, 1.807) is 14.0 Å². The van der Waals surface area contributed by atoms with Gasteiger partial charge in [0.25, 0.3) is 0 Å². The van der Waals surface area contributed by atoms with Crippen LogP contribution in [0.2, 0.25) is 0 Å². The Morgan fingerprint density at radius 2 is 2.20 bits per heavy atom. The van der Waals surface area contributed by atoms with E-state index in [-0.39, 0.29) is 12.5 Å². The number of methoxy groups -OCH3 is 1. The molecule has 1 heterocycles. The van der Waals surface area contributed by atoms with Crippen LogP contribution in [0.25, 0.3) is 0 Å². The zero-order valence-corrected chi connectivity index (χ0v) is 12.1. The molecule has 0 saturated heterocycles. The lowest BCUT2D eigenvalue weighted by atomic mass is 9.96. The first kappa shape index (κ1) is 14.9. The van der Waals surface area contributed by atoms with E-state index in [0.717, 1.165) is 25.7 Å². The summed E-state index contributed by atoms with van der Waals surface area (Å²) in [5.74, 6) is 1.07. The smallest absolute Gasteiger partial charge is 0.234 e. The van der Waals surface area contributed by atoms with Crippen molar-refractivity contribution in [2.24, 2.45) is 0 Å². The molecule has 1 amide bonds. The van der Waals surface area contributed by atoms with Gasteiger partial charge in [-0.15, -0.1) is 0 Å². The molecule has 0 aliphatic heterocycles. The van der Waals surface area contributed by atoms with Crippen LogP contribution in [0.5, 0.6) is 0 Å². The molecule has 7 nitrogen and oxygen atoms in total. The fraction of sp³-hybridized carbons (Fsp3) is 0.769. The largest absolute Gasteiger partial charge is 0.383 e. The van der Waals surface area contributed by atoms with Crippen molar-refractivity contribution in [1.29, 1.82) is 0 Å². The minimum absolute atomic E-state index is 0.0505. The van der Waals surface area contributed by atoms with Gasteiger partial charge in [0.2, 0.25) is 11.8 Å². The van der Waals surface area contributed by atoms with Gasteiger partial charge in [-0.05, 0) is 12.8 Å². The fourth-order valence-corrected chi connectivity index (χ4v) is 2.56. The first-order chi connectivity index (χ1) is 9.66. The number of carbonyl (C=O) groups excluding carboxylic acids is 1. The zero-order chi connectivity index (χ0) is 14.4. The third kappa shape index (κ3) is 3.55. The molecular weight excluding hydrogens is 260 g/mol. The Kier molecular flexibility index (Phi) is 5.08. The van der Waals surface area contributed by atoms with Gasteiger partial charge in [0.05, 0.1) is 13.2 Å². The van der Waals surface area contributed by atoms with Gasteiger partial charge >= 0.3 is 0 Å².